The van der Waals surface area contributed by atoms with Crippen LogP contribution in [-0.2, 0) is 4.79 Å². The number of carbonyl (C=O) groups is 1. The summed E-state index contributed by atoms with van der Waals surface area (Å²) in [6.45, 7) is 11.8. The van der Waals surface area contributed by atoms with Crippen LogP contribution in [0.5, 0.6) is 0 Å². The maximum atomic E-state index is 11.8. The fraction of sp³-hybridized carbons (Fsp3) is 0.588. The van der Waals surface area contributed by atoms with Gasteiger partial charge in [-0.15, -0.1) is 0 Å². The topological polar surface area (TPSA) is 58.4 Å². The first-order valence-electron chi connectivity index (χ1n) is 7.67. The highest BCUT2D eigenvalue weighted by molar-refractivity contribution is 5.84. The van der Waals surface area contributed by atoms with E-state index < -0.39 is 5.54 Å². The third-order valence-electron chi connectivity index (χ3n) is 3.78. The maximum Gasteiger partial charge on any atom is 0.237 e. The Kier molecular flexibility index (Phi) is 6.21. The molecule has 1 atom stereocenters. The normalized spacial score (nSPS) is 14.0. The van der Waals surface area contributed by atoms with Crippen molar-refractivity contribution in [2.24, 2.45) is 5.73 Å². The number of rotatable bonds is 8. The number of aryl methyl sites for hydroxylation is 1. The third-order valence-corrected chi connectivity index (χ3v) is 3.78. The standard InChI is InChI=1S/C17H29N3O/c1-6-20(15-9-7-8-14(4)12-15)11-10-17(5,16(18)21)19-13(2)3/h7-9,12-13,19H,6,10-11H2,1-5H3,(H2,18,21). The molecule has 0 saturated heterocycles. The molecule has 0 aromatic heterocycles. The summed E-state index contributed by atoms with van der Waals surface area (Å²) >= 11 is 0. The van der Waals surface area contributed by atoms with E-state index in [4.69, 9.17) is 5.73 Å². The van der Waals surface area contributed by atoms with E-state index in [2.05, 4.69) is 48.3 Å². The maximum absolute atomic E-state index is 11.8. The van der Waals surface area contributed by atoms with Gasteiger partial charge in [-0.25, -0.2) is 0 Å². The molecule has 4 nitrogen and oxygen atoms in total. The molecule has 0 fully saturated rings. The molecule has 1 aromatic rings. The Labute approximate surface area is 128 Å². The Balaban J connectivity index is 2.79. The highest BCUT2D eigenvalue weighted by atomic mass is 16.1. The van der Waals surface area contributed by atoms with Crippen LogP contribution in [0.25, 0.3) is 0 Å². The van der Waals surface area contributed by atoms with Crippen molar-refractivity contribution in [2.75, 3.05) is 18.0 Å². The van der Waals surface area contributed by atoms with Crippen molar-refractivity contribution in [3.8, 4) is 0 Å². The van der Waals surface area contributed by atoms with E-state index in [9.17, 15) is 4.79 Å². The van der Waals surface area contributed by atoms with Crippen LogP contribution in [0.4, 0.5) is 5.69 Å². The molecule has 1 rings (SSSR count). The molecule has 21 heavy (non-hydrogen) atoms. The zero-order valence-corrected chi connectivity index (χ0v) is 13.9. The number of primary amides is 1. The second-order valence-electron chi connectivity index (χ2n) is 6.16. The molecule has 1 unspecified atom stereocenters. The highest BCUT2D eigenvalue weighted by Crippen LogP contribution is 2.19. The summed E-state index contributed by atoms with van der Waals surface area (Å²) in [4.78, 5) is 14.1. The number of nitrogens with one attached hydrogen (secondary N) is 1. The average molecular weight is 291 g/mol. The Bertz CT molecular complexity index is 473. The van der Waals surface area contributed by atoms with Gasteiger partial charge in [0, 0.05) is 24.8 Å². The summed E-state index contributed by atoms with van der Waals surface area (Å²) in [5.74, 6) is -0.295. The van der Waals surface area contributed by atoms with Crippen molar-refractivity contribution in [3.05, 3.63) is 29.8 Å². The highest BCUT2D eigenvalue weighted by Gasteiger charge is 2.31. The van der Waals surface area contributed by atoms with Gasteiger partial charge in [-0.2, -0.15) is 0 Å². The SMILES string of the molecule is CCN(CCC(C)(NC(C)C)C(N)=O)c1cccc(C)c1. The molecule has 1 amide bonds. The Morgan fingerprint density at radius 2 is 2.10 bits per heavy atom. The number of amides is 1. The van der Waals surface area contributed by atoms with Crippen LogP contribution in [0.15, 0.2) is 24.3 Å². The molecule has 0 aliphatic heterocycles. The monoisotopic (exact) mass is 291 g/mol. The lowest BCUT2D eigenvalue weighted by Crippen LogP contribution is -2.56. The summed E-state index contributed by atoms with van der Waals surface area (Å²) < 4.78 is 0. The van der Waals surface area contributed by atoms with Crippen LogP contribution in [0.3, 0.4) is 0 Å². The fourth-order valence-electron chi connectivity index (χ4n) is 2.56. The molecule has 1 aromatic carbocycles. The van der Waals surface area contributed by atoms with E-state index in [-0.39, 0.29) is 11.9 Å². The van der Waals surface area contributed by atoms with Crippen LogP contribution in [-0.4, -0.2) is 30.6 Å². The largest absolute Gasteiger partial charge is 0.372 e. The van der Waals surface area contributed by atoms with E-state index in [1.54, 1.807) is 0 Å². The van der Waals surface area contributed by atoms with Crippen molar-refractivity contribution in [1.29, 1.82) is 0 Å². The van der Waals surface area contributed by atoms with Gasteiger partial charge in [0.05, 0.1) is 5.54 Å². The van der Waals surface area contributed by atoms with Gasteiger partial charge in [0.1, 0.15) is 0 Å². The molecule has 0 bridgehead atoms. The van der Waals surface area contributed by atoms with Crippen LogP contribution in [0, 0.1) is 6.92 Å². The van der Waals surface area contributed by atoms with Gasteiger partial charge in [-0.1, -0.05) is 12.1 Å². The second-order valence-corrected chi connectivity index (χ2v) is 6.16. The number of hydrogen-bond donors (Lipinski definition) is 2. The van der Waals surface area contributed by atoms with Crippen LogP contribution in [0.1, 0.15) is 39.7 Å². The Morgan fingerprint density at radius 3 is 2.57 bits per heavy atom. The van der Waals surface area contributed by atoms with E-state index in [0.717, 1.165) is 13.1 Å². The lowest BCUT2D eigenvalue weighted by atomic mass is 9.95. The molecule has 3 N–H and O–H groups in total. The minimum Gasteiger partial charge on any atom is -0.372 e. The van der Waals surface area contributed by atoms with Crippen molar-refractivity contribution < 1.29 is 4.79 Å². The first kappa shape index (κ1) is 17.5. The van der Waals surface area contributed by atoms with Crippen LogP contribution < -0.4 is 16.0 Å². The van der Waals surface area contributed by atoms with Crippen molar-refractivity contribution in [1.82, 2.24) is 5.32 Å². The number of benzene rings is 1. The van der Waals surface area contributed by atoms with Crippen LogP contribution >= 0.6 is 0 Å². The molecular formula is C17H29N3O. The fourth-order valence-corrected chi connectivity index (χ4v) is 2.56. The molecule has 0 saturated carbocycles. The van der Waals surface area contributed by atoms with Crippen molar-refractivity contribution in [2.45, 2.75) is 52.6 Å². The third kappa shape index (κ3) is 5.05. The Morgan fingerprint density at radius 1 is 1.43 bits per heavy atom. The lowest BCUT2D eigenvalue weighted by molar-refractivity contribution is -0.124. The number of nitrogens with two attached hydrogens (primary N) is 1. The molecule has 0 aliphatic carbocycles. The molecule has 4 heteroatoms. The minimum atomic E-state index is -0.675. The van der Waals surface area contributed by atoms with Gasteiger partial charge < -0.3 is 16.0 Å². The molecule has 0 spiro atoms. The predicted molar refractivity (Wildman–Crippen MR) is 89.6 cm³/mol. The number of carbonyl (C=O) groups excluding carboxylic acids is 1. The molecule has 0 radical (unpaired) electrons. The van der Waals surface area contributed by atoms with E-state index in [1.165, 1.54) is 11.3 Å². The minimum absolute atomic E-state index is 0.219. The summed E-state index contributed by atoms with van der Waals surface area (Å²) in [5.41, 5.74) is 7.34. The van der Waals surface area contributed by atoms with E-state index in [1.807, 2.05) is 20.8 Å². The number of nitrogens with zero attached hydrogens (tertiary/aromatic N) is 1. The van der Waals surface area contributed by atoms with Gasteiger partial charge in [0.25, 0.3) is 0 Å². The number of anilines is 1. The zero-order chi connectivity index (χ0) is 16.0. The van der Waals surface area contributed by atoms with Gasteiger partial charge >= 0.3 is 0 Å². The summed E-state index contributed by atoms with van der Waals surface area (Å²) in [6.07, 6.45) is 0.683. The smallest absolute Gasteiger partial charge is 0.237 e. The van der Waals surface area contributed by atoms with E-state index in [0.29, 0.717) is 6.42 Å². The first-order valence-corrected chi connectivity index (χ1v) is 7.67. The molecule has 118 valence electrons. The van der Waals surface area contributed by atoms with Gasteiger partial charge in [-0.3, -0.25) is 4.79 Å². The zero-order valence-electron chi connectivity index (χ0n) is 13.9. The van der Waals surface area contributed by atoms with Crippen molar-refractivity contribution in [3.63, 3.8) is 0 Å². The van der Waals surface area contributed by atoms with Crippen molar-refractivity contribution >= 4 is 11.6 Å². The van der Waals surface area contributed by atoms with Gasteiger partial charge in [-0.05, 0) is 58.7 Å². The quantitative estimate of drug-likeness (QED) is 0.773. The van der Waals surface area contributed by atoms with Gasteiger partial charge in [0.2, 0.25) is 5.91 Å². The summed E-state index contributed by atoms with van der Waals surface area (Å²) in [7, 11) is 0. The molecular weight excluding hydrogens is 262 g/mol. The number of hydrogen-bond acceptors (Lipinski definition) is 3. The second kappa shape index (κ2) is 7.46. The van der Waals surface area contributed by atoms with Crippen LogP contribution in [0.2, 0.25) is 0 Å². The van der Waals surface area contributed by atoms with Gasteiger partial charge in [0.15, 0.2) is 0 Å². The lowest BCUT2D eigenvalue weighted by Gasteiger charge is -2.33. The summed E-state index contributed by atoms with van der Waals surface area (Å²) in [5, 5.41) is 3.30. The Hall–Kier alpha value is -1.55. The summed E-state index contributed by atoms with van der Waals surface area (Å²) in [6, 6.07) is 8.64. The molecule has 0 aliphatic rings. The predicted octanol–water partition coefficient (Wildman–Crippen LogP) is 2.45. The molecule has 0 heterocycles. The average Bonchev–Trinajstić information content (AvgIpc) is 2.38. The first-order chi connectivity index (χ1) is 9.78. The van der Waals surface area contributed by atoms with E-state index >= 15 is 0 Å².